The molecule has 2 atom stereocenters. The van der Waals surface area contributed by atoms with Crippen molar-refractivity contribution in [3.8, 4) is 12.3 Å². The van der Waals surface area contributed by atoms with E-state index in [9.17, 15) is 0 Å². The van der Waals surface area contributed by atoms with Gasteiger partial charge in [0.25, 0.3) is 0 Å². The van der Waals surface area contributed by atoms with Crippen molar-refractivity contribution in [3.05, 3.63) is 35.4 Å². The van der Waals surface area contributed by atoms with Gasteiger partial charge in [-0.15, -0.1) is 6.42 Å². The normalized spacial score (nSPS) is 22.2. The van der Waals surface area contributed by atoms with Gasteiger partial charge in [0, 0.05) is 6.04 Å². The molecule has 1 heteroatoms. The maximum atomic E-state index is 5.63. The standard InChI is InChI=1S/C17H23N/c1-5-9-14(6-2)18-16-15-11-8-7-10-13(15)12-17(16,3)4/h2,7-8,10-11,14,16,18H,5,9,12H2,1,3-4H3. The number of nitrogens with one attached hydrogen (secondary N) is 1. The van der Waals surface area contributed by atoms with Crippen molar-refractivity contribution in [3.63, 3.8) is 0 Å². The molecule has 1 aliphatic rings. The maximum absolute atomic E-state index is 5.63. The summed E-state index contributed by atoms with van der Waals surface area (Å²) in [5.41, 5.74) is 3.14. The smallest absolute Gasteiger partial charge is 0.0691 e. The third kappa shape index (κ3) is 2.44. The summed E-state index contributed by atoms with van der Waals surface area (Å²) in [6.07, 6.45) is 8.93. The Morgan fingerprint density at radius 1 is 1.44 bits per heavy atom. The summed E-state index contributed by atoms with van der Waals surface area (Å²) in [6.45, 7) is 6.83. The lowest BCUT2D eigenvalue weighted by Gasteiger charge is -2.31. The molecule has 1 aromatic rings. The molecule has 1 aromatic carbocycles. The zero-order valence-electron chi connectivity index (χ0n) is 11.7. The number of terminal acetylenes is 1. The summed E-state index contributed by atoms with van der Waals surface area (Å²) in [5.74, 6) is 2.89. The molecule has 1 N–H and O–H groups in total. The molecule has 0 aromatic heterocycles. The topological polar surface area (TPSA) is 12.0 Å². The van der Waals surface area contributed by atoms with Crippen LogP contribution in [0.2, 0.25) is 0 Å². The fourth-order valence-electron chi connectivity index (χ4n) is 3.01. The molecular formula is C17H23N. The van der Waals surface area contributed by atoms with Crippen LogP contribution in [0.15, 0.2) is 24.3 Å². The van der Waals surface area contributed by atoms with Gasteiger partial charge in [0.1, 0.15) is 0 Å². The fraction of sp³-hybridized carbons (Fsp3) is 0.529. The lowest BCUT2D eigenvalue weighted by atomic mass is 9.85. The van der Waals surface area contributed by atoms with E-state index >= 15 is 0 Å². The molecule has 0 aliphatic heterocycles. The minimum Gasteiger partial charge on any atom is -0.296 e. The number of benzene rings is 1. The Morgan fingerprint density at radius 3 is 2.83 bits per heavy atom. The van der Waals surface area contributed by atoms with Gasteiger partial charge in [-0.2, -0.15) is 0 Å². The first kappa shape index (κ1) is 13.2. The molecular weight excluding hydrogens is 218 g/mol. The van der Waals surface area contributed by atoms with Gasteiger partial charge in [-0.1, -0.05) is 57.4 Å². The number of fused-ring (bicyclic) bond motifs is 1. The number of rotatable bonds is 4. The molecule has 1 aliphatic carbocycles. The molecule has 1 nitrogen and oxygen atoms in total. The van der Waals surface area contributed by atoms with E-state index < -0.39 is 0 Å². The van der Waals surface area contributed by atoms with Crippen LogP contribution in [0.3, 0.4) is 0 Å². The molecule has 0 bridgehead atoms. The van der Waals surface area contributed by atoms with Crippen LogP contribution in [0, 0.1) is 17.8 Å². The first-order valence-electron chi connectivity index (χ1n) is 6.88. The van der Waals surface area contributed by atoms with Crippen LogP contribution in [0.4, 0.5) is 0 Å². The number of hydrogen-bond acceptors (Lipinski definition) is 1. The molecule has 0 saturated carbocycles. The SMILES string of the molecule is C#CC(CCC)NC1c2ccccc2CC1(C)C. The zero-order chi connectivity index (χ0) is 13.2. The summed E-state index contributed by atoms with van der Waals surface area (Å²) in [7, 11) is 0. The quantitative estimate of drug-likeness (QED) is 0.793. The second-order valence-corrected chi connectivity index (χ2v) is 5.97. The van der Waals surface area contributed by atoms with Crippen molar-refractivity contribution in [2.75, 3.05) is 0 Å². The highest BCUT2D eigenvalue weighted by atomic mass is 15.0. The lowest BCUT2D eigenvalue weighted by molar-refractivity contribution is 0.257. The van der Waals surface area contributed by atoms with Gasteiger partial charge in [0.05, 0.1) is 6.04 Å². The Hall–Kier alpha value is -1.26. The molecule has 0 heterocycles. The van der Waals surface area contributed by atoms with E-state index in [0.717, 1.165) is 19.3 Å². The molecule has 0 saturated heterocycles. The highest BCUT2D eigenvalue weighted by molar-refractivity contribution is 5.37. The lowest BCUT2D eigenvalue weighted by Crippen LogP contribution is -2.37. The van der Waals surface area contributed by atoms with Gasteiger partial charge in [-0.25, -0.2) is 0 Å². The second-order valence-electron chi connectivity index (χ2n) is 5.97. The van der Waals surface area contributed by atoms with Crippen LogP contribution in [-0.4, -0.2) is 6.04 Å². The molecule has 0 amide bonds. The van der Waals surface area contributed by atoms with E-state index in [1.165, 1.54) is 11.1 Å². The second kappa shape index (κ2) is 5.16. The highest BCUT2D eigenvalue weighted by Crippen LogP contribution is 2.45. The molecule has 2 unspecified atom stereocenters. The average Bonchev–Trinajstić information content (AvgIpc) is 2.59. The van der Waals surface area contributed by atoms with Crippen LogP contribution in [0.1, 0.15) is 50.8 Å². The molecule has 0 spiro atoms. The van der Waals surface area contributed by atoms with Gasteiger partial charge in [-0.3, -0.25) is 5.32 Å². The minimum absolute atomic E-state index is 0.186. The maximum Gasteiger partial charge on any atom is 0.0691 e. The fourth-order valence-corrected chi connectivity index (χ4v) is 3.01. The first-order valence-corrected chi connectivity index (χ1v) is 6.88. The van der Waals surface area contributed by atoms with E-state index in [4.69, 9.17) is 6.42 Å². The van der Waals surface area contributed by atoms with Gasteiger partial charge < -0.3 is 0 Å². The van der Waals surface area contributed by atoms with E-state index in [0.29, 0.717) is 6.04 Å². The van der Waals surface area contributed by atoms with Gasteiger partial charge in [0.2, 0.25) is 0 Å². The van der Waals surface area contributed by atoms with Crippen molar-refractivity contribution in [2.24, 2.45) is 5.41 Å². The van der Waals surface area contributed by atoms with E-state index in [-0.39, 0.29) is 11.5 Å². The van der Waals surface area contributed by atoms with Crippen molar-refractivity contribution < 1.29 is 0 Å². The molecule has 18 heavy (non-hydrogen) atoms. The van der Waals surface area contributed by atoms with Crippen LogP contribution in [0.25, 0.3) is 0 Å². The van der Waals surface area contributed by atoms with Crippen molar-refractivity contribution in [1.82, 2.24) is 5.32 Å². The van der Waals surface area contributed by atoms with Gasteiger partial charge >= 0.3 is 0 Å². The summed E-state index contributed by atoms with van der Waals surface area (Å²) >= 11 is 0. The summed E-state index contributed by atoms with van der Waals surface area (Å²) < 4.78 is 0. The van der Waals surface area contributed by atoms with Crippen LogP contribution >= 0.6 is 0 Å². The highest BCUT2D eigenvalue weighted by Gasteiger charge is 2.39. The first-order chi connectivity index (χ1) is 8.58. The molecule has 0 radical (unpaired) electrons. The molecule has 96 valence electrons. The van der Waals surface area contributed by atoms with Crippen LogP contribution in [0.5, 0.6) is 0 Å². The predicted molar refractivity (Wildman–Crippen MR) is 77.3 cm³/mol. The third-order valence-electron chi connectivity index (χ3n) is 3.94. The summed E-state index contributed by atoms with van der Waals surface area (Å²) in [4.78, 5) is 0. The molecule has 2 rings (SSSR count). The molecule has 0 fully saturated rings. The van der Waals surface area contributed by atoms with Crippen molar-refractivity contribution >= 4 is 0 Å². The third-order valence-corrected chi connectivity index (χ3v) is 3.94. The predicted octanol–water partition coefficient (Wildman–Crippen LogP) is 3.70. The Labute approximate surface area is 111 Å². The Kier molecular flexibility index (Phi) is 3.78. The summed E-state index contributed by atoms with van der Waals surface area (Å²) in [6, 6.07) is 9.29. The van der Waals surface area contributed by atoms with Crippen molar-refractivity contribution in [1.29, 1.82) is 0 Å². The minimum atomic E-state index is 0.186. The Balaban J connectivity index is 2.23. The summed E-state index contributed by atoms with van der Waals surface area (Å²) in [5, 5.41) is 3.68. The Morgan fingerprint density at radius 2 is 2.17 bits per heavy atom. The Bertz CT molecular complexity index is 453. The van der Waals surface area contributed by atoms with Crippen molar-refractivity contribution in [2.45, 2.75) is 52.1 Å². The van der Waals surface area contributed by atoms with Crippen LogP contribution < -0.4 is 5.32 Å². The monoisotopic (exact) mass is 241 g/mol. The number of hydrogen-bond donors (Lipinski definition) is 1. The van der Waals surface area contributed by atoms with Gasteiger partial charge in [-0.05, 0) is 29.4 Å². The largest absolute Gasteiger partial charge is 0.296 e. The van der Waals surface area contributed by atoms with E-state index in [1.807, 2.05) is 0 Å². The van der Waals surface area contributed by atoms with Gasteiger partial charge in [0.15, 0.2) is 0 Å². The van der Waals surface area contributed by atoms with E-state index in [2.05, 4.69) is 56.3 Å². The average molecular weight is 241 g/mol. The zero-order valence-corrected chi connectivity index (χ0v) is 11.7. The van der Waals surface area contributed by atoms with Crippen LogP contribution in [-0.2, 0) is 6.42 Å². The van der Waals surface area contributed by atoms with E-state index in [1.54, 1.807) is 0 Å².